The molecule has 8 heteroatoms. The zero-order valence-corrected chi connectivity index (χ0v) is 12.5. The summed E-state index contributed by atoms with van der Waals surface area (Å²) in [7, 11) is 1.59. The highest BCUT2D eigenvalue weighted by atomic mass is 32.2. The van der Waals surface area contributed by atoms with Crippen molar-refractivity contribution in [3.63, 3.8) is 0 Å². The molecule has 0 aliphatic rings. The molecule has 0 unspecified atom stereocenters. The van der Waals surface area contributed by atoms with Crippen LogP contribution in [0.5, 0.6) is 0 Å². The highest BCUT2D eigenvalue weighted by Gasteiger charge is 2.12. The van der Waals surface area contributed by atoms with Crippen LogP contribution in [-0.2, 0) is 17.1 Å². The van der Waals surface area contributed by atoms with Gasteiger partial charge in [-0.3, -0.25) is 4.40 Å². The minimum Gasteiger partial charge on any atom is -0.378 e. The molecule has 5 nitrogen and oxygen atoms in total. The fourth-order valence-electron chi connectivity index (χ4n) is 2.01. The first-order chi connectivity index (χ1) is 10.7. The van der Waals surface area contributed by atoms with Gasteiger partial charge >= 0.3 is 0 Å². The minimum atomic E-state index is -0.468. The fourth-order valence-corrected chi connectivity index (χ4v) is 2.94. The van der Waals surface area contributed by atoms with Crippen LogP contribution in [0, 0.1) is 11.6 Å². The predicted molar refractivity (Wildman–Crippen MR) is 77.4 cm³/mol. The van der Waals surface area contributed by atoms with Crippen molar-refractivity contribution < 1.29 is 13.5 Å². The molecule has 0 spiro atoms. The van der Waals surface area contributed by atoms with E-state index in [2.05, 4.69) is 15.2 Å². The third-order valence-electron chi connectivity index (χ3n) is 3.02. The van der Waals surface area contributed by atoms with Crippen LogP contribution < -0.4 is 0 Å². The van der Waals surface area contributed by atoms with Crippen molar-refractivity contribution in [1.82, 2.24) is 19.6 Å². The molecule has 2 aromatic heterocycles. The van der Waals surface area contributed by atoms with Gasteiger partial charge in [0.25, 0.3) is 5.78 Å². The Balaban J connectivity index is 1.89. The van der Waals surface area contributed by atoms with E-state index in [1.165, 1.54) is 17.8 Å². The lowest BCUT2D eigenvalue weighted by atomic mass is 10.2. The van der Waals surface area contributed by atoms with Crippen molar-refractivity contribution in [3.05, 3.63) is 53.4 Å². The molecule has 0 fully saturated rings. The number of nitrogens with zero attached hydrogens (tertiary/aromatic N) is 4. The molecule has 3 rings (SSSR count). The fraction of sp³-hybridized carbons (Fsp3) is 0.214. The van der Waals surface area contributed by atoms with Gasteiger partial charge in [-0.15, -0.1) is 10.2 Å². The summed E-state index contributed by atoms with van der Waals surface area (Å²) in [4.78, 5) is 4.12. The Morgan fingerprint density at radius 1 is 1.23 bits per heavy atom. The second-order valence-electron chi connectivity index (χ2n) is 4.51. The average Bonchev–Trinajstić information content (AvgIpc) is 2.93. The highest BCUT2D eigenvalue weighted by Crippen LogP contribution is 2.24. The smallest absolute Gasteiger partial charge is 0.255 e. The summed E-state index contributed by atoms with van der Waals surface area (Å²) in [6, 6.07) is 5.19. The van der Waals surface area contributed by atoms with Gasteiger partial charge in [-0.1, -0.05) is 11.8 Å². The molecule has 0 atom stereocenters. The number of hydrogen-bond donors (Lipinski definition) is 0. The van der Waals surface area contributed by atoms with Crippen LogP contribution in [0.1, 0.15) is 11.3 Å². The summed E-state index contributed by atoms with van der Waals surface area (Å²) in [5.74, 6) is -0.231. The number of thioether (sulfide) groups is 1. The van der Waals surface area contributed by atoms with Gasteiger partial charge in [0.15, 0.2) is 5.16 Å². The second-order valence-corrected chi connectivity index (χ2v) is 5.45. The van der Waals surface area contributed by atoms with E-state index in [0.29, 0.717) is 17.5 Å². The zero-order valence-electron chi connectivity index (χ0n) is 11.7. The van der Waals surface area contributed by atoms with Crippen molar-refractivity contribution in [2.45, 2.75) is 17.5 Å². The molecule has 0 aliphatic heterocycles. The van der Waals surface area contributed by atoms with Crippen LogP contribution in [0.15, 0.2) is 35.6 Å². The first-order valence-corrected chi connectivity index (χ1v) is 7.42. The van der Waals surface area contributed by atoms with Crippen molar-refractivity contribution in [2.75, 3.05) is 7.11 Å². The third-order valence-corrected chi connectivity index (χ3v) is 3.99. The number of halogens is 2. The van der Waals surface area contributed by atoms with Crippen molar-refractivity contribution >= 4 is 17.5 Å². The Morgan fingerprint density at radius 3 is 2.91 bits per heavy atom. The van der Waals surface area contributed by atoms with Gasteiger partial charge in [0.2, 0.25) is 0 Å². The Kier molecular flexibility index (Phi) is 4.30. The van der Waals surface area contributed by atoms with Gasteiger partial charge in [0.1, 0.15) is 11.6 Å². The van der Waals surface area contributed by atoms with Crippen molar-refractivity contribution in [1.29, 1.82) is 0 Å². The number of hydrogen-bond acceptors (Lipinski definition) is 5. The number of ether oxygens (including phenoxy) is 1. The van der Waals surface area contributed by atoms with E-state index in [0.717, 1.165) is 17.8 Å². The van der Waals surface area contributed by atoms with Gasteiger partial charge in [0, 0.05) is 24.6 Å². The SMILES string of the molecule is COCc1ccnc2nnc(SCc3cc(F)ccc3F)n12. The summed E-state index contributed by atoms with van der Waals surface area (Å²) < 4.78 is 33.7. The van der Waals surface area contributed by atoms with Gasteiger partial charge in [-0.05, 0) is 24.3 Å². The number of benzene rings is 1. The molecular formula is C14H12F2N4OS. The lowest BCUT2D eigenvalue weighted by Crippen LogP contribution is -2.01. The highest BCUT2D eigenvalue weighted by molar-refractivity contribution is 7.98. The number of methoxy groups -OCH3 is 1. The lowest BCUT2D eigenvalue weighted by molar-refractivity contribution is 0.179. The van der Waals surface area contributed by atoms with Gasteiger partial charge < -0.3 is 4.74 Å². The van der Waals surface area contributed by atoms with Crippen molar-refractivity contribution in [2.24, 2.45) is 0 Å². The maximum Gasteiger partial charge on any atom is 0.255 e. The van der Waals surface area contributed by atoms with Crippen LogP contribution in [-0.4, -0.2) is 26.7 Å². The maximum absolute atomic E-state index is 13.7. The van der Waals surface area contributed by atoms with E-state index in [4.69, 9.17) is 4.74 Å². The van der Waals surface area contributed by atoms with Gasteiger partial charge in [-0.2, -0.15) is 0 Å². The Labute approximate surface area is 129 Å². The number of aromatic nitrogens is 4. The summed E-state index contributed by atoms with van der Waals surface area (Å²) in [5, 5.41) is 8.57. The van der Waals surface area contributed by atoms with E-state index >= 15 is 0 Å². The standard InChI is InChI=1S/C14H12F2N4OS/c1-21-7-11-4-5-17-13-18-19-14(20(11)13)22-8-9-6-10(15)2-3-12(9)16/h2-6H,7-8H2,1H3. The summed E-state index contributed by atoms with van der Waals surface area (Å²) in [6.07, 6.45) is 1.62. The van der Waals surface area contributed by atoms with E-state index in [-0.39, 0.29) is 11.3 Å². The van der Waals surface area contributed by atoms with Crippen LogP contribution in [0.2, 0.25) is 0 Å². The molecule has 3 aromatic rings. The molecule has 0 saturated carbocycles. The number of fused-ring (bicyclic) bond motifs is 1. The normalized spacial score (nSPS) is 11.2. The van der Waals surface area contributed by atoms with Crippen LogP contribution >= 0.6 is 11.8 Å². The zero-order chi connectivity index (χ0) is 15.5. The van der Waals surface area contributed by atoms with Crippen molar-refractivity contribution in [3.8, 4) is 0 Å². The van der Waals surface area contributed by atoms with Gasteiger partial charge in [-0.25, -0.2) is 13.8 Å². The summed E-state index contributed by atoms with van der Waals surface area (Å²) in [5.41, 5.74) is 1.11. The second kappa shape index (κ2) is 6.37. The Morgan fingerprint density at radius 2 is 2.09 bits per heavy atom. The topological polar surface area (TPSA) is 52.3 Å². The monoisotopic (exact) mass is 322 g/mol. The molecule has 2 heterocycles. The molecule has 114 valence electrons. The van der Waals surface area contributed by atoms with Gasteiger partial charge in [0.05, 0.1) is 12.3 Å². The molecule has 0 bridgehead atoms. The van der Waals surface area contributed by atoms with Crippen LogP contribution in [0.4, 0.5) is 8.78 Å². The molecule has 0 radical (unpaired) electrons. The quantitative estimate of drug-likeness (QED) is 0.676. The molecule has 0 saturated heterocycles. The van der Waals surface area contributed by atoms with E-state index in [9.17, 15) is 8.78 Å². The first kappa shape index (κ1) is 14.9. The minimum absolute atomic E-state index is 0.242. The molecule has 22 heavy (non-hydrogen) atoms. The predicted octanol–water partition coefficient (Wildman–Crippen LogP) is 2.84. The van der Waals surface area contributed by atoms with Crippen LogP contribution in [0.3, 0.4) is 0 Å². The average molecular weight is 322 g/mol. The maximum atomic E-state index is 13.7. The summed E-state index contributed by atoms with van der Waals surface area (Å²) >= 11 is 1.26. The lowest BCUT2D eigenvalue weighted by Gasteiger charge is -2.06. The summed E-state index contributed by atoms with van der Waals surface area (Å²) in [6.45, 7) is 0.374. The number of rotatable bonds is 5. The molecular weight excluding hydrogens is 310 g/mol. The first-order valence-electron chi connectivity index (χ1n) is 6.43. The van der Waals surface area contributed by atoms with Crippen LogP contribution in [0.25, 0.3) is 5.78 Å². The third kappa shape index (κ3) is 2.93. The molecule has 0 amide bonds. The molecule has 0 N–H and O–H groups in total. The molecule has 0 aliphatic carbocycles. The Bertz CT molecular complexity index is 809. The van der Waals surface area contributed by atoms with E-state index < -0.39 is 11.6 Å². The van der Waals surface area contributed by atoms with E-state index in [1.54, 1.807) is 23.8 Å². The largest absolute Gasteiger partial charge is 0.378 e. The molecule has 1 aromatic carbocycles. The van der Waals surface area contributed by atoms with E-state index in [1.807, 2.05) is 0 Å². The Hall–Kier alpha value is -2.06.